The van der Waals surface area contributed by atoms with E-state index < -0.39 is 42.6 Å². The summed E-state index contributed by atoms with van der Waals surface area (Å²) in [6.07, 6.45) is -5.67. The molecule has 150 valence electrons. The van der Waals surface area contributed by atoms with E-state index in [0.29, 0.717) is 6.42 Å². The van der Waals surface area contributed by atoms with Gasteiger partial charge < -0.3 is 21.1 Å². The fourth-order valence-electron chi connectivity index (χ4n) is 1.91. The molecular weight excluding hydrogens is 339 g/mol. The third kappa shape index (κ3) is 11.0. The summed E-state index contributed by atoms with van der Waals surface area (Å²) in [6, 6.07) is -1.48. The highest BCUT2D eigenvalue weighted by atomic mass is 19.4. The second-order valence-electron chi connectivity index (χ2n) is 6.05. The van der Waals surface area contributed by atoms with Gasteiger partial charge in [0.1, 0.15) is 0 Å². The van der Waals surface area contributed by atoms with Crippen LogP contribution in [0.25, 0.3) is 0 Å². The van der Waals surface area contributed by atoms with Gasteiger partial charge >= 0.3 is 6.18 Å². The predicted molar refractivity (Wildman–Crippen MR) is 90.7 cm³/mol. The molecule has 0 heterocycles. The molecule has 0 bridgehead atoms. The maximum atomic E-state index is 12.6. The molecule has 0 aromatic rings. The number of nitrogens with zero attached hydrogens (tertiary/aromatic N) is 1. The van der Waals surface area contributed by atoms with Crippen molar-refractivity contribution in [2.24, 2.45) is 11.7 Å². The van der Waals surface area contributed by atoms with Crippen LogP contribution in [0.3, 0.4) is 0 Å². The number of halogens is 3. The standard InChI is InChI=1S/C13H24F3N3O3.C3H8/c1-4-5-19(10(21)6-17)7-9(20)18-11(8(2)3)12(22)13(14,15)16;1-3-2/h8,11-12,22H,4-7,17H2,1-3H3,(H,18,20);3H2,1-2H3. The normalized spacial score (nSPS) is 13.6. The molecule has 4 N–H and O–H groups in total. The molecule has 0 aromatic heterocycles. The summed E-state index contributed by atoms with van der Waals surface area (Å²) >= 11 is 0. The Kier molecular flexibility index (Phi) is 13.4. The van der Waals surface area contributed by atoms with E-state index in [1.165, 1.54) is 25.2 Å². The summed E-state index contributed by atoms with van der Waals surface area (Å²) in [6.45, 7) is 8.55. The first-order chi connectivity index (χ1) is 11.5. The van der Waals surface area contributed by atoms with Crippen LogP contribution < -0.4 is 11.1 Å². The number of alkyl halides is 3. The van der Waals surface area contributed by atoms with Crippen LogP contribution in [0.2, 0.25) is 0 Å². The molecule has 0 rings (SSSR count). The summed E-state index contributed by atoms with van der Waals surface area (Å²) in [5.74, 6) is -1.86. The Morgan fingerprint density at radius 3 is 2.00 bits per heavy atom. The summed E-state index contributed by atoms with van der Waals surface area (Å²) in [7, 11) is 0. The molecule has 0 radical (unpaired) electrons. The van der Waals surface area contributed by atoms with E-state index in [-0.39, 0.29) is 13.1 Å². The van der Waals surface area contributed by atoms with Gasteiger partial charge in [0.15, 0.2) is 6.10 Å². The van der Waals surface area contributed by atoms with Gasteiger partial charge in [-0.3, -0.25) is 9.59 Å². The number of aliphatic hydroxyl groups is 1. The molecule has 0 saturated carbocycles. The van der Waals surface area contributed by atoms with Crippen molar-refractivity contribution in [3.05, 3.63) is 0 Å². The van der Waals surface area contributed by atoms with E-state index in [1.54, 1.807) is 6.92 Å². The first-order valence-electron chi connectivity index (χ1n) is 8.47. The van der Waals surface area contributed by atoms with Gasteiger partial charge in [0.25, 0.3) is 0 Å². The molecule has 2 amide bonds. The zero-order chi connectivity index (χ0) is 20.2. The largest absolute Gasteiger partial charge is 0.416 e. The van der Waals surface area contributed by atoms with Crippen molar-refractivity contribution < 1.29 is 27.9 Å². The Morgan fingerprint density at radius 1 is 1.20 bits per heavy atom. The molecular formula is C16H32F3N3O3. The second kappa shape index (κ2) is 12.9. The number of carbonyl (C=O) groups is 2. The van der Waals surface area contributed by atoms with Gasteiger partial charge in [-0.25, -0.2) is 0 Å². The monoisotopic (exact) mass is 371 g/mol. The number of aliphatic hydroxyl groups excluding tert-OH is 1. The highest BCUT2D eigenvalue weighted by molar-refractivity contribution is 5.85. The number of amides is 2. The quantitative estimate of drug-likeness (QED) is 0.605. The molecule has 25 heavy (non-hydrogen) atoms. The molecule has 2 atom stereocenters. The minimum absolute atomic E-state index is 0.275. The van der Waals surface area contributed by atoms with Crippen molar-refractivity contribution >= 4 is 11.8 Å². The van der Waals surface area contributed by atoms with Gasteiger partial charge in [-0.15, -0.1) is 0 Å². The fourth-order valence-corrected chi connectivity index (χ4v) is 1.91. The first kappa shape index (κ1) is 25.9. The zero-order valence-corrected chi connectivity index (χ0v) is 15.7. The van der Waals surface area contributed by atoms with Crippen LogP contribution in [-0.2, 0) is 9.59 Å². The van der Waals surface area contributed by atoms with Crippen molar-refractivity contribution in [2.45, 2.75) is 65.8 Å². The SMILES string of the molecule is CCC.CCCN(CC(=O)NC(C(C)C)C(O)C(F)(F)F)C(=O)CN. The lowest BCUT2D eigenvalue weighted by Gasteiger charge is -2.30. The smallest absolute Gasteiger partial charge is 0.382 e. The van der Waals surface area contributed by atoms with Crippen LogP contribution in [0.5, 0.6) is 0 Å². The Hall–Kier alpha value is -1.35. The number of nitrogens with two attached hydrogens (primary N) is 1. The predicted octanol–water partition coefficient (Wildman–Crippen LogP) is 1.66. The van der Waals surface area contributed by atoms with Crippen LogP contribution in [0.4, 0.5) is 13.2 Å². The molecule has 0 fully saturated rings. The average Bonchev–Trinajstić information content (AvgIpc) is 2.50. The van der Waals surface area contributed by atoms with Crippen LogP contribution in [0.1, 0.15) is 47.5 Å². The molecule has 0 aliphatic rings. The van der Waals surface area contributed by atoms with Crippen LogP contribution in [-0.4, -0.2) is 59.8 Å². The van der Waals surface area contributed by atoms with Crippen molar-refractivity contribution in [1.82, 2.24) is 10.2 Å². The van der Waals surface area contributed by atoms with Gasteiger partial charge in [-0.1, -0.05) is 41.0 Å². The van der Waals surface area contributed by atoms with Crippen LogP contribution >= 0.6 is 0 Å². The number of nitrogens with one attached hydrogen (secondary N) is 1. The number of hydrogen-bond acceptors (Lipinski definition) is 4. The number of rotatable bonds is 8. The van der Waals surface area contributed by atoms with Gasteiger partial charge in [0.05, 0.1) is 19.1 Å². The maximum Gasteiger partial charge on any atom is 0.416 e. The highest BCUT2D eigenvalue weighted by Crippen LogP contribution is 2.25. The summed E-state index contributed by atoms with van der Waals surface area (Å²) < 4.78 is 37.8. The summed E-state index contributed by atoms with van der Waals surface area (Å²) in [5, 5.41) is 11.5. The molecule has 6 nitrogen and oxygen atoms in total. The maximum absolute atomic E-state index is 12.6. The molecule has 0 aliphatic heterocycles. The lowest BCUT2D eigenvalue weighted by molar-refractivity contribution is -0.215. The lowest BCUT2D eigenvalue weighted by atomic mass is 9.98. The van der Waals surface area contributed by atoms with E-state index in [9.17, 15) is 27.9 Å². The number of hydrogen-bond donors (Lipinski definition) is 3. The highest BCUT2D eigenvalue weighted by Gasteiger charge is 2.45. The molecule has 0 saturated heterocycles. The van der Waals surface area contributed by atoms with Gasteiger partial charge in [-0.05, 0) is 12.3 Å². The fraction of sp³-hybridized carbons (Fsp3) is 0.875. The summed E-state index contributed by atoms with van der Waals surface area (Å²) in [5.41, 5.74) is 5.22. The van der Waals surface area contributed by atoms with Crippen molar-refractivity contribution in [3.8, 4) is 0 Å². The van der Waals surface area contributed by atoms with E-state index in [4.69, 9.17) is 5.73 Å². The zero-order valence-electron chi connectivity index (χ0n) is 15.7. The second-order valence-corrected chi connectivity index (χ2v) is 6.05. The van der Waals surface area contributed by atoms with E-state index >= 15 is 0 Å². The van der Waals surface area contributed by atoms with Gasteiger partial charge in [0.2, 0.25) is 11.8 Å². The minimum Gasteiger partial charge on any atom is -0.382 e. The van der Waals surface area contributed by atoms with E-state index in [2.05, 4.69) is 19.2 Å². The van der Waals surface area contributed by atoms with Crippen molar-refractivity contribution in [3.63, 3.8) is 0 Å². The topological polar surface area (TPSA) is 95.7 Å². The molecule has 9 heteroatoms. The van der Waals surface area contributed by atoms with Crippen molar-refractivity contribution in [1.29, 1.82) is 0 Å². The van der Waals surface area contributed by atoms with Gasteiger partial charge in [-0.2, -0.15) is 13.2 Å². The Labute approximate surface area is 147 Å². The molecule has 0 aliphatic carbocycles. The van der Waals surface area contributed by atoms with E-state index in [0.717, 1.165) is 0 Å². The van der Waals surface area contributed by atoms with Gasteiger partial charge in [0, 0.05) is 6.54 Å². The van der Waals surface area contributed by atoms with Crippen LogP contribution in [0, 0.1) is 5.92 Å². The lowest BCUT2D eigenvalue weighted by Crippen LogP contribution is -2.55. The third-order valence-corrected chi connectivity index (χ3v) is 3.08. The van der Waals surface area contributed by atoms with Crippen LogP contribution in [0.15, 0.2) is 0 Å². The molecule has 2 unspecified atom stereocenters. The molecule has 0 aromatic carbocycles. The van der Waals surface area contributed by atoms with E-state index in [1.807, 2.05) is 0 Å². The van der Waals surface area contributed by atoms with Crippen molar-refractivity contribution in [2.75, 3.05) is 19.6 Å². The first-order valence-corrected chi connectivity index (χ1v) is 8.47. The molecule has 0 spiro atoms. The summed E-state index contributed by atoms with van der Waals surface area (Å²) in [4.78, 5) is 24.6. The Balaban J connectivity index is 0. The third-order valence-electron chi connectivity index (χ3n) is 3.08. The average molecular weight is 371 g/mol. The number of carbonyl (C=O) groups excluding carboxylic acids is 2. The Bertz CT molecular complexity index is 391. The Morgan fingerprint density at radius 2 is 1.68 bits per heavy atom. The minimum atomic E-state index is -4.83.